The summed E-state index contributed by atoms with van der Waals surface area (Å²) in [6.45, 7) is 2.06. The third-order valence-corrected chi connectivity index (χ3v) is 5.24. The second kappa shape index (κ2) is 11.0. The van der Waals surface area contributed by atoms with Crippen LogP contribution in [-0.2, 0) is 10.5 Å². The normalized spacial score (nSPS) is 10.7. The van der Waals surface area contributed by atoms with Gasteiger partial charge in [-0.2, -0.15) is 5.10 Å². The maximum Gasteiger partial charge on any atom is 0.343 e. The van der Waals surface area contributed by atoms with Crippen LogP contribution in [0.3, 0.4) is 0 Å². The van der Waals surface area contributed by atoms with Gasteiger partial charge in [0.2, 0.25) is 5.91 Å². The lowest BCUT2D eigenvalue weighted by Gasteiger charge is -2.05. The van der Waals surface area contributed by atoms with Crippen molar-refractivity contribution in [2.75, 3.05) is 5.75 Å². The highest BCUT2D eigenvalue weighted by Gasteiger charge is 2.07. The molecule has 0 fully saturated rings. The van der Waals surface area contributed by atoms with E-state index in [1.54, 1.807) is 66.5 Å². The van der Waals surface area contributed by atoms with Crippen LogP contribution in [0.4, 0.5) is 0 Å². The maximum atomic E-state index is 12.0. The first kappa shape index (κ1) is 21.3. The Morgan fingerprint density at radius 3 is 2.40 bits per heavy atom. The smallest absolute Gasteiger partial charge is 0.343 e. The van der Waals surface area contributed by atoms with Crippen LogP contribution in [0.25, 0.3) is 0 Å². The molecule has 3 aromatic carbocycles. The first-order valence-electron chi connectivity index (χ1n) is 9.43. The van der Waals surface area contributed by atoms with Crippen molar-refractivity contribution in [3.05, 3.63) is 101 Å². The average molecular weight is 419 g/mol. The van der Waals surface area contributed by atoms with Crippen LogP contribution in [0.5, 0.6) is 5.75 Å². The molecule has 3 aromatic rings. The minimum atomic E-state index is -0.410. The maximum absolute atomic E-state index is 12.0. The number of nitrogens with zero attached hydrogens (tertiary/aromatic N) is 1. The molecule has 152 valence electrons. The molecule has 0 aliphatic heterocycles. The molecule has 6 heteroatoms. The second-order valence-electron chi connectivity index (χ2n) is 6.54. The lowest BCUT2D eigenvalue weighted by molar-refractivity contribution is -0.118. The van der Waals surface area contributed by atoms with E-state index in [0.29, 0.717) is 17.1 Å². The molecular weight excluding hydrogens is 396 g/mol. The van der Waals surface area contributed by atoms with Gasteiger partial charge >= 0.3 is 5.97 Å². The Morgan fingerprint density at radius 1 is 0.967 bits per heavy atom. The van der Waals surface area contributed by atoms with Gasteiger partial charge in [0.15, 0.2) is 0 Å². The van der Waals surface area contributed by atoms with E-state index in [0.717, 1.165) is 11.3 Å². The quantitative estimate of drug-likeness (QED) is 0.251. The number of benzene rings is 3. The second-order valence-corrected chi connectivity index (χ2v) is 7.52. The SMILES string of the molecule is Cc1ccccc1CSCC(=O)N/N=C\c1ccc(OC(=O)c2ccccc2)cc1. The molecule has 0 aliphatic rings. The number of hydrogen-bond donors (Lipinski definition) is 1. The average Bonchev–Trinajstić information content (AvgIpc) is 2.77. The van der Waals surface area contributed by atoms with Crippen LogP contribution in [0.15, 0.2) is 84.0 Å². The Kier molecular flexibility index (Phi) is 7.80. The van der Waals surface area contributed by atoms with Gasteiger partial charge in [-0.3, -0.25) is 4.79 Å². The number of hydrazone groups is 1. The van der Waals surface area contributed by atoms with Crippen LogP contribution in [0.1, 0.15) is 27.0 Å². The van der Waals surface area contributed by atoms with Crippen molar-refractivity contribution in [1.82, 2.24) is 5.43 Å². The van der Waals surface area contributed by atoms with Gasteiger partial charge < -0.3 is 4.74 Å². The van der Waals surface area contributed by atoms with Crippen molar-refractivity contribution in [3.8, 4) is 5.75 Å². The molecule has 5 nitrogen and oxygen atoms in total. The van der Waals surface area contributed by atoms with Crippen molar-refractivity contribution < 1.29 is 14.3 Å². The third kappa shape index (κ3) is 6.60. The summed E-state index contributed by atoms with van der Waals surface area (Å²) in [5, 5.41) is 3.98. The number of rotatable bonds is 8. The largest absolute Gasteiger partial charge is 0.423 e. The number of hydrogen-bond acceptors (Lipinski definition) is 5. The van der Waals surface area contributed by atoms with Crippen molar-refractivity contribution in [3.63, 3.8) is 0 Å². The van der Waals surface area contributed by atoms with E-state index < -0.39 is 5.97 Å². The molecule has 0 atom stereocenters. The molecule has 0 unspecified atom stereocenters. The van der Waals surface area contributed by atoms with Crippen molar-refractivity contribution in [1.29, 1.82) is 0 Å². The molecule has 0 radical (unpaired) electrons. The summed E-state index contributed by atoms with van der Waals surface area (Å²) in [6.07, 6.45) is 1.55. The molecule has 0 spiro atoms. The van der Waals surface area contributed by atoms with Crippen LogP contribution < -0.4 is 10.2 Å². The number of carbonyl (C=O) groups excluding carboxylic acids is 2. The Balaban J connectivity index is 1.42. The summed E-state index contributed by atoms with van der Waals surface area (Å²) in [5.74, 6) is 0.996. The van der Waals surface area contributed by atoms with Crippen LogP contribution in [-0.4, -0.2) is 23.8 Å². The molecule has 0 saturated heterocycles. The van der Waals surface area contributed by atoms with E-state index in [1.165, 1.54) is 11.1 Å². The third-order valence-electron chi connectivity index (χ3n) is 4.25. The standard InChI is InChI=1S/C24H22N2O3S/c1-18-7-5-6-10-21(18)16-30-17-23(27)26-25-15-19-11-13-22(14-12-19)29-24(28)20-8-3-2-4-9-20/h2-15H,16-17H2,1H3,(H,26,27)/b25-15-. The van der Waals surface area contributed by atoms with Gasteiger partial charge in [-0.15, -0.1) is 11.8 Å². The molecule has 30 heavy (non-hydrogen) atoms. The molecule has 0 aromatic heterocycles. The van der Waals surface area contributed by atoms with Crippen molar-refractivity contribution >= 4 is 29.9 Å². The highest BCUT2D eigenvalue weighted by Crippen LogP contribution is 2.16. The molecular formula is C24H22N2O3S. The van der Waals surface area contributed by atoms with Crippen molar-refractivity contribution in [2.24, 2.45) is 5.10 Å². The zero-order valence-corrected chi connectivity index (χ0v) is 17.4. The highest BCUT2D eigenvalue weighted by atomic mass is 32.2. The lowest BCUT2D eigenvalue weighted by atomic mass is 10.1. The van der Waals surface area contributed by atoms with Crippen LogP contribution in [0.2, 0.25) is 0 Å². The number of aryl methyl sites for hydroxylation is 1. The number of carbonyl (C=O) groups is 2. The number of amides is 1. The summed E-state index contributed by atoms with van der Waals surface area (Å²) in [5.41, 5.74) is 6.25. The van der Waals surface area contributed by atoms with E-state index in [2.05, 4.69) is 29.6 Å². The van der Waals surface area contributed by atoms with E-state index in [-0.39, 0.29) is 5.91 Å². The number of ether oxygens (including phenoxy) is 1. The van der Waals surface area contributed by atoms with E-state index in [1.807, 2.05) is 18.2 Å². The Labute approximate surface area is 180 Å². The highest BCUT2D eigenvalue weighted by molar-refractivity contribution is 7.99. The zero-order chi connectivity index (χ0) is 21.2. The number of esters is 1. The van der Waals surface area contributed by atoms with Crippen molar-refractivity contribution in [2.45, 2.75) is 12.7 Å². The number of nitrogens with one attached hydrogen (secondary N) is 1. The fourth-order valence-corrected chi connectivity index (χ4v) is 3.49. The molecule has 1 amide bonds. The predicted octanol–water partition coefficient (Wildman–Crippen LogP) is 4.60. The summed E-state index contributed by atoms with van der Waals surface area (Å²) < 4.78 is 5.33. The van der Waals surface area contributed by atoms with Gasteiger partial charge in [-0.05, 0) is 60.0 Å². The van der Waals surface area contributed by atoms with Gasteiger partial charge in [-0.1, -0.05) is 42.5 Å². The Morgan fingerprint density at radius 2 is 1.67 bits per heavy atom. The summed E-state index contributed by atoms with van der Waals surface area (Å²) >= 11 is 1.55. The predicted molar refractivity (Wildman–Crippen MR) is 121 cm³/mol. The monoisotopic (exact) mass is 418 g/mol. The summed E-state index contributed by atoms with van der Waals surface area (Å²) in [4.78, 5) is 24.0. The van der Waals surface area contributed by atoms with Crippen LogP contribution >= 0.6 is 11.8 Å². The minimum Gasteiger partial charge on any atom is -0.423 e. The van der Waals surface area contributed by atoms with E-state index in [9.17, 15) is 9.59 Å². The van der Waals surface area contributed by atoms with Gasteiger partial charge in [0.25, 0.3) is 0 Å². The van der Waals surface area contributed by atoms with Gasteiger partial charge in [-0.25, -0.2) is 10.2 Å². The molecule has 0 heterocycles. The Hall–Kier alpha value is -3.38. The minimum absolute atomic E-state index is 0.154. The number of thioether (sulfide) groups is 1. The van der Waals surface area contributed by atoms with E-state index >= 15 is 0 Å². The Bertz CT molecular complexity index is 1020. The topological polar surface area (TPSA) is 67.8 Å². The molecule has 0 saturated carbocycles. The zero-order valence-electron chi connectivity index (χ0n) is 16.6. The molecule has 0 aliphatic carbocycles. The summed E-state index contributed by atoms with van der Waals surface area (Å²) in [6, 6.07) is 23.8. The first-order chi connectivity index (χ1) is 14.6. The van der Waals surface area contributed by atoms with Gasteiger partial charge in [0.05, 0.1) is 17.5 Å². The molecule has 1 N–H and O–H groups in total. The van der Waals surface area contributed by atoms with E-state index in [4.69, 9.17) is 4.74 Å². The van der Waals surface area contributed by atoms with Gasteiger partial charge in [0.1, 0.15) is 5.75 Å². The van der Waals surface area contributed by atoms with Crippen LogP contribution in [0, 0.1) is 6.92 Å². The lowest BCUT2D eigenvalue weighted by Crippen LogP contribution is -2.19. The molecule has 3 rings (SSSR count). The fourth-order valence-electron chi connectivity index (χ4n) is 2.60. The first-order valence-corrected chi connectivity index (χ1v) is 10.6. The summed E-state index contributed by atoms with van der Waals surface area (Å²) in [7, 11) is 0. The molecule has 0 bridgehead atoms. The fraction of sp³-hybridized carbons (Fsp3) is 0.125. The van der Waals surface area contributed by atoms with Gasteiger partial charge in [0, 0.05) is 5.75 Å².